The number of nitrogens with one attached hydrogen (secondary N) is 2. The highest BCUT2D eigenvalue weighted by Crippen LogP contribution is 2.18. The highest BCUT2D eigenvalue weighted by Gasteiger charge is 2.25. The Morgan fingerprint density at radius 1 is 1.40 bits per heavy atom. The highest BCUT2D eigenvalue weighted by molar-refractivity contribution is 5.74. The number of aliphatic hydroxyl groups is 1. The van der Waals surface area contributed by atoms with E-state index in [4.69, 9.17) is 0 Å². The molecule has 2 amide bonds. The second-order valence-corrected chi connectivity index (χ2v) is 7.04. The number of hydrogen-bond donors (Lipinski definition) is 3. The monoisotopic (exact) mass is 344 g/mol. The van der Waals surface area contributed by atoms with Gasteiger partial charge in [-0.25, -0.2) is 4.79 Å². The molecule has 0 aliphatic rings. The summed E-state index contributed by atoms with van der Waals surface area (Å²) in [6.45, 7) is 7.89. The average molecular weight is 344 g/mol. The molecule has 6 heteroatoms. The fourth-order valence-electron chi connectivity index (χ4n) is 2.78. The van der Waals surface area contributed by atoms with Crippen molar-refractivity contribution in [3.8, 4) is 0 Å². The van der Waals surface area contributed by atoms with E-state index in [0.29, 0.717) is 5.56 Å². The number of amides is 2. The summed E-state index contributed by atoms with van der Waals surface area (Å²) in [7, 11) is 1.79. The van der Waals surface area contributed by atoms with Crippen LogP contribution < -0.4 is 10.6 Å². The molecule has 0 unspecified atom stereocenters. The summed E-state index contributed by atoms with van der Waals surface area (Å²) in [6.07, 6.45) is 4.10. The molecule has 0 saturated carbocycles. The topological polar surface area (TPSA) is 79.2 Å². The molecule has 136 valence electrons. The van der Waals surface area contributed by atoms with Gasteiger partial charge in [0.2, 0.25) is 0 Å². The Hall–Kier alpha value is -2.34. The van der Waals surface area contributed by atoms with Gasteiger partial charge in [-0.1, -0.05) is 23.8 Å². The summed E-state index contributed by atoms with van der Waals surface area (Å²) < 4.78 is 1.62. The molecule has 25 heavy (non-hydrogen) atoms. The Morgan fingerprint density at radius 3 is 2.72 bits per heavy atom. The normalized spacial score (nSPS) is 14.6. The van der Waals surface area contributed by atoms with Crippen LogP contribution in [0.1, 0.15) is 36.1 Å². The van der Waals surface area contributed by atoms with Gasteiger partial charge in [-0.15, -0.1) is 0 Å². The van der Waals surface area contributed by atoms with E-state index < -0.39 is 5.60 Å². The molecular formula is C19H28N4O2. The van der Waals surface area contributed by atoms with Gasteiger partial charge in [0.1, 0.15) is 5.60 Å². The van der Waals surface area contributed by atoms with Crippen LogP contribution in [0.15, 0.2) is 30.6 Å². The Bertz CT molecular complexity index is 737. The van der Waals surface area contributed by atoms with Crippen LogP contribution in [0.3, 0.4) is 0 Å². The number of benzene rings is 1. The fraction of sp³-hybridized carbons (Fsp3) is 0.474. The van der Waals surface area contributed by atoms with Crippen molar-refractivity contribution in [2.24, 2.45) is 7.05 Å². The minimum atomic E-state index is -1.16. The Balaban J connectivity index is 1.85. The molecule has 2 atom stereocenters. The molecule has 0 saturated heterocycles. The Kier molecular flexibility index (Phi) is 5.85. The molecule has 6 nitrogen and oxygen atoms in total. The molecule has 2 rings (SSSR count). The molecule has 3 N–H and O–H groups in total. The van der Waals surface area contributed by atoms with Crippen molar-refractivity contribution in [2.75, 3.05) is 6.54 Å². The summed E-state index contributed by atoms with van der Waals surface area (Å²) >= 11 is 0. The summed E-state index contributed by atoms with van der Waals surface area (Å²) in [5, 5.41) is 20.2. The van der Waals surface area contributed by atoms with E-state index >= 15 is 0 Å². The first-order valence-corrected chi connectivity index (χ1v) is 8.49. The number of carbonyl (C=O) groups is 1. The van der Waals surface area contributed by atoms with Gasteiger partial charge in [-0.2, -0.15) is 5.10 Å². The first-order chi connectivity index (χ1) is 11.7. The van der Waals surface area contributed by atoms with Gasteiger partial charge in [0.15, 0.2) is 0 Å². The van der Waals surface area contributed by atoms with Gasteiger partial charge in [-0.3, -0.25) is 4.68 Å². The molecule has 0 aliphatic heterocycles. The maximum Gasteiger partial charge on any atom is 0.315 e. The lowest BCUT2D eigenvalue weighted by atomic mass is 9.99. The molecule has 2 aromatic rings. The molecule has 1 heterocycles. The summed E-state index contributed by atoms with van der Waals surface area (Å²) in [5.41, 5.74) is 3.19. The number of urea groups is 1. The molecule has 0 bridgehead atoms. The number of aryl methyl sites for hydroxylation is 3. The molecule has 0 aliphatic carbocycles. The van der Waals surface area contributed by atoms with E-state index in [9.17, 15) is 9.90 Å². The SMILES string of the molecule is Cc1ccc(C[C@H](C)NC(=O)NC[C@@](C)(O)c2cnn(C)c2)c(C)c1. The van der Waals surface area contributed by atoms with Crippen molar-refractivity contribution in [1.82, 2.24) is 20.4 Å². The molecule has 0 radical (unpaired) electrons. The minimum absolute atomic E-state index is 0.00949. The second kappa shape index (κ2) is 7.70. The van der Waals surface area contributed by atoms with Crippen LogP contribution in [0.25, 0.3) is 0 Å². The summed E-state index contributed by atoms with van der Waals surface area (Å²) in [6, 6.07) is 6.03. The van der Waals surface area contributed by atoms with Crippen LogP contribution >= 0.6 is 0 Å². The number of aromatic nitrogens is 2. The van der Waals surface area contributed by atoms with Crippen molar-refractivity contribution in [1.29, 1.82) is 0 Å². The predicted molar refractivity (Wildman–Crippen MR) is 98.4 cm³/mol. The molecule has 0 spiro atoms. The van der Waals surface area contributed by atoms with E-state index in [1.165, 1.54) is 16.7 Å². The maximum atomic E-state index is 12.1. The molecule has 1 aromatic heterocycles. The maximum absolute atomic E-state index is 12.1. The lowest BCUT2D eigenvalue weighted by Gasteiger charge is -2.23. The molecule has 1 aromatic carbocycles. The van der Waals surface area contributed by atoms with E-state index in [1.54, 1.807) is 31.0 Å². The van der Waals surface area contributed by atoms with Crippen LogP contribution in [0.4, 0.5) is 4.79 Å². The second-order valence-electron chi connectivity index (χ2n) is 7.04. The lowest BCUT2D eigenvalue weighted by molar-refractivity contribution is 0.0592. The van der Waals surface area contributed by atoms with Gasteiger partial charge >= 0.3 is 6.03 Å². The van der Waals surface area contributed by atoms with Crippen molar-refractivity contribution in [3.05, 3.63) is 52.8 Å². The number of hydrogen-bond acceptors (Lipinski definition) is 3. The third-order valence-electron chi connectivity index (χ3n) is 4.32. The molecule has 0 fully saturated rings. The number of carbonyl (C=O) groups excluding carboxylic acids is 1. The van der Waals surface area contributed by atoms with Crippen LogP contribution in [0.2, 0.25) is 0 Å². The van der Waals surface area contributed by atoms with Gasteiger partial charge in [0, 0.05) is 24.8 Å². The van der Waals surface area contributed by atoms with E-state index in [-0.39, 0.29) is 18.6 Å². The number of nitrogens with zero attached hydrogens (tertiary/aromatic N) is 2. The fourth-order valence-corrected chi connectivity index (χ4v) is 2.78. The van der Waals surface area contributed by atoms with Crippen LogP contribution in [-0.2, 0) is 19.1 Å². The van der Waals surface area contributed by atoms with Gasteiger partial charge in [0.05, 0.1) is 12.7 Å². The first-order valence-electron chi connectivity index (χ1n) is 8.49. The van der Waals surface area contributed by atoms with E-state index in [1.807, 2.05) is 6.92 Å². The first kappa shape index (κ1) is 19.0. The largest absolute Gasteiger partial charge is 0.383 e. The standard InChI is InChI=1S/C19H28N4O2/c1-13-6-7-16(14(2)8-13)9-15(3)22-18(24)20-12-19(4,25)17-10-21-23(5)11-17/h6-8,10-11,15,25H,9,12H2,1-5H3,(H2,20,22,24)/t15-,19+/m0/s1. The van der Waals surface area contributed by atoms with E-state index in [2.05, 4.69) is 47.8 Å². The Labute approximate surface area is 149 Å². The zero-order valence-corrected chi connectivity index (χ0v) is 15.6. The average Bonchev–Trinajstić information content (AvgIpc) is 2.96. The van der Waals surface area contributed by atoms with Crippen molar-refractivity contribution in [2.45, 2.75) is 45.8 Å². The Morgan fingerprint density at radius 2 is 2.12 bits per heavy atom. The van der Waals surface area contributed by atoms with Crippen molar-refractivity contribution in [3.63, 3.8) is 0 Å². The number of rotatable bonds is 6. The highest BCUT2D eigenvalue weighted by atomic mass is 16.3. The molecular weight excluding hydrogens is 316 g/mol. The lowest BCUT2D eigenvalue weighted by Crippen LogP contribution is -2.46. The summed E-state index contributed by atoms with van der Waals surface area (Å²) in [5.74, 6) is 0. The third-order valence-corrected chi connectivity index (χ3v) is 4.32. The van der Waals surface area contributed by atoms with Crippen molar-refractivity contribution < 1.29 is 9.90 Å². The summed E-state index contributed by atoms with van der Waals surface area (Å²) in [4.78, 5) is 12.1. The van der Waals surface area contributed by atoms with Gasteiger partial charge < -0.3 is 15.7 Å². The van der Waals surface area contributed by atoms with Gasteiger partial charge in [0.25, 0.3) is 0 Å². The predicted octanol–water partition coefficient (Wildman–Crippen LogP) is 2.17. The zero-order valence-electron chi connectivity index (χ0n) is 15.6. The van der Waals surface area contributed by atoms with Gasteiger partial charge in [-0.05, 0) is 45.2 Å². The minimum Gasteiger partial charge on any atom is -0.383 e. The van der Waals surface area contributed by atoms with Crippen LogP contribution in [-0.4, -0.2) is 33.5 Å². The van der Waals surface area contributed by atoms with Crippen molar-refractivity contribution >= 4 is 6.03 Å². The smallest absolute Gasteiger partial charge is 0.315 e. The zero-order chi connectivity index (χ0) is 18.6. The van der Waals surface area contributed by atoms with E-state index in [0.717, 1.165) is 6.42 Å². The van der Waals surface area contributed by atoms with Crippen LogP contribution in [0.5, 0.6) is 0 Å². The van der Waals surface area contributed by atoms with Crippen LogP contribution in [0, 0.1) is 13.8 Å². The third kappa shape index (κ3) is 5.32. The quantitative estimate of drug-likeness (QED) is 0.751.